The fraction of sp³-hybridized carbons (Fsp3) is 0.389. The number of carbonyl (C=O) groups is 1. The van der Waals surface area contributed by atoms with E-state index < -0.39 is 0 Å². The molecule has 1 aromatic heterocycles. The van der Waals surface area contributed by atoms with E-state index in [1.807, 2.05) is 52.1 Å². The second-order valence-electron chi connectivity index (χ2n) is 5.73. The van der Waals surface area contributed by atoms with E-state index in [0.29, 0.717) is 12.8 Å². The first kappa shape index (κ1) is 17.5. The Morgan fingerprint density at radius 1 is 1.13 bits per heavy atom. The number of carbonyl (C=O) groups excluding carboxylic acids is 1. The second kappa shape index (κ2) is 7.59. The van der Waals surface area contributed by atoms with E-state index in [-0.39, 0.29) is 5.91 Å². The van der Waals surface area contributed by atoms with Crippen LogP contribution in [0.5, 0.6) is 0 Å². The molecule has 1 heterocycles. The van der Waals surface area contributed by atoms with Gasteiger partial charge in [0.1, 0.15) is 0 Å². The topological polar surface area (TPSA) is 54.9 Å². The molecule has 23 heavy (non-hydrogen) atoms. The predicted molar refractivity (Wildman–Crippen MR) is 96.2 cm³/mol. The summed E-state index contributed by atoms with van der Waals surface area (Å²) < 4.78 is 0. The van der Waals surface area contributed by atoms with Gasteiger partial charge in [0.05, 0.1) is 0 Å². The molecule has 0 radical (unpaired) electrons. The Labute approximate surface area is 142 Å². The van der Waals surface area contributed by atoms with Crippen LogP contribution in [0.4, 0.5) is 5.69 Å². The Kier molecular flexibility index (Phi) is 5.77. The molecule has 5 heteroatoms. The molecule has 0 saturated heterocycles. The molecular formula is C18H23N3OS. The zero-order valence-corrected chi connectivity index (χ0v) is 15.2. The van der Waals surface area contributed by atoms with Gasteiger partial charge in [0, 0.05) is 23.5 Å². The normalized spacial score (nSPS) is 10.7. The molecule has 1 aromatic carbocycles. The van der Waals surface area contributed by atoms with Crippen molar-refractivity contribution in [1.82, 2.24) is 9.97 Å². The Bertz CT molecular complexity index is 705. The van der Waals surface area contributed by atoms with Crippen molar-refractivity contribution in [2.24, 2.45) is 0 Å². The molecule has 0 saturated carbocycles. The maximum Gasteiger partial charge on any atom is 0.224 e. The van der Waals surface area contributed by atoms with Gasteiger partial charge in [0.15, 0.2) is 5.16 Å². The van der Waals surface area contributed by atoms with E-state index in [4.69, 9.17) is 0 Å². The number of nitrogens with zero attached hydrogens (tertiary/aromatic N) is 2. The summed E-state index contributed by atoms with van der Waals surface area (Å²) in [4.78, 5) is 21.2. The molecule has 0 bridgehead atoms. The summed E-state index contributed by atoms with van der Waals surface area (Å²) in [7, 11) is 0. The number of thioether (sulfide) groups is 1. The number of benzene rings is 1. The minimum Gasteiger partial charge on any atom is -0.326 e. The number of aryl methyl sites for hydroxylation is 4. The van der Waals surface area contributed by atoms with E-state index in [0.717, 1.165) is 38.9 Å². The van der Waals surface area contributed by atoms with Crippen LogP contribution in [0, 0.1) is 27.7 Å². The number of nitrogens with one attached hydrogen (secondary N) is 1. The van der Waals surface area contributed by atoms with Gasteiger partial charge in [-0.25, -0.2) is 9.97 Å². The van der Waals surface area contributed by atoms with Crippen LogP contribution in [0.2, 0.25) is 0 Å². The van der Waals surface area contributed by atoms with Gasteiger partial charge in [0.2, 0.25) is 5.91 Å². The van der Waals surface area contributed by atoms with Crippen LogP contribution in [0.1, 0.15) is 34.5 Å². The molecule has 0 aliphatic heterocycles. The highest BCUT2D eigenvalue weighted by Gasteiger charge is 2.11. The third-order valence-corrected chi connectivity index (χ3v) is 4.40. The summed E-state index contributed by atoms with van der Waals surface area (Å²) in [5.41, 5.74) is 6.08. The SMILES string of the molecule is CSc1nc(C)c(CCC(=O)Nc2cc(C)ccc2C)c(C)n1. The van der Waals surface area contributed by atoms with Gasteiger partial charge in [-0.2, -0.15) is 0 Å². The highest BCUT2D eigenvalue weighted by molar-refractivity contribution is 7.98. The smallest absolute Gasteiger partial charge is 0.224 e. The lowest BCUT2D eigenvalue weighted by Crippen LogP contribution is -2.14. The van der Waals surface area contributed by atoms with Gasteiger partial charge in [-0.1, -0.05) is 23.9 Å². The molecule has 0 aliphatic carbocycles. The summed E-state index contributed by atoms with van der Waals surface area (Å²) in [6.45, 7) is 7.98. The Morgan fingerprint density at radius 3 is 2.39 bits per heavy atom. The van der Waals surface area contributed by atoms with Crippen molar-refractivity contribution >= 4 is 23.4 Å². The number of aromatic nitrogens is 2. The molecule has 2 aromatic rings. The molecule has 0 unspecified atom stereocenters. The van der Waals surface area contributed by atoms with Gasteiger partial charge in [-0.3, -0.25) is 4.79 Å². The lowest BCUT2D eigenvalue weighted by atomic mass is 10.1. The molecular weight excluding hydrogens is 306 g/mol. The molecule has 2 rings (SSSR count). The first-order valence-electron chi connectivity index (χ1n) is 7.66. The van der Waals surface area contributed by atoms with E-state index in [1.165, 1.54) is 11.8 Å². The van der Waals surface area contributed by atoms with E-state index in [1.54, 1.807) is 0 Å². The predicted octanol–water partition coefficient (Wildman–Crippen LogP) is 4.00. The fourth-order valence-electron chi connectivity index (χ4n) is 2.48. The lowest BCUT2D eigenvalue weighted by molar-refractivity contribution is -0.116. The van der Waals surface area contributed by atoms with E-state index >= 15 is 0 Å². The number of hydrogen-bond donors (Lipinski definition) is 1. The van der Waals surface area contributed by atoms with Crippen LogP contribution in [-0.4, -0.2) is 22.1 Å². The maximum atomic E-state index is 12.2. The Morgan fingerprint density at radius 2 is 1.78 bits per heavy atom. The van der Waals surface area contributed by atoms with Gasteiger partial charge in [-0.05, 0) is 63.1 Å². The second-order valence-corrected chi connectivity index (χ2v) is 6.50. The molecule has 0 spiro atoms. The number of anilines is 1. The van der Waals surface area contributed by atoms with Crippen molar-refractivity contribution in [3.05, 3.63) is 46.3 Å². The summed E-state index contributed by atoms with van der Waals surface area (Å²) in [6.07, 6.45) is 3.05. The van der Waals surface area contributed by atoms with Crippen molar-refractivity contribution in [3.63, 3.8) is 0 Å². The van der Waals surface area contributed by atoms with Crippen molar-refractivity contribution in [2.45, 2.75) is 45.7 Å². The number of amides is 1. The summed E-state index contributed by atoms with van der Waals surface area (Å²) in [5, 5.41) is 3.78. The molecule has 1 amide bonds. The van der Waals surface area contributed by atoms with Crippen LogP contribution >= 0.6 is 11.8 Å². The molecule has 0 aliphatic rings. The fourth-order valence-corrected chi connectivity index (χ4v) is 2.94. The minimum absolute atomic E-state index is 0.0199. The highest BCUT2D eigenvalue weighted by Crippen LogP contribution is 2.19. The monoisotopic (exact) mass is 329 g/mol. The van der Waals surface area contributed by atoms with Crippen molar-refractivity contribution in [2.75, 3.05) is 11.6 Å². The molecule has 0 atom stereocenters. The largest absolute Gasteiger partial charge is 0.326 e. The van der Waals surface area contributed by atoms with Crippen LogP contribution < -0.4 is 5.32 Å². The number of rotatable bonds is 5. The minimum atomic E-state index is 0.0199. The van der Waals surface area contributed by atoms with Crippen LogP contribution in [-0.2, 0) is 11.2 Å². The van der Waals surface area contributed by atoms with Gasteiger partial charge < -0.3 is 5.32 Å². The third-order valence-electron chi connectivity index (χ3n) is 3.85. The molecule has 122 valence electrons. The molecule has 1 N–H and O–H groups in total. The zero-order chi connectivity index (χ0) is 17.0. The Balaban J connectivity index is 2.03. The zero-order valence-electron chi connectivity index (χ0n) is 14.4. The highest BCUT2D eigenvalue weighted by atomic mass is 32.2. The standard InChI is InChI=1S/C18H23N3OS/c1-11-6-7-12(2)16(10-11)21-17(22)9-8-15-13(3)19-18(23-5)20-14(15)4/h6-7,10H,8-9H2,1-5H3,(H,21,22). The van der Waals surface area contributed by atoms with Crippen LogP contribution in [0.25, 0.3) is 0 Å². The first-order valence-corrected chi connectivity index (χ1v) is 8.88. The average molecular weight is 329 g/mol. The number of hydrogen-bond acceptors (Lipinski definition) is 4. The molecule has 0 fully saturated rings. The van der Waals surface area contributed by atoms with Gasteiger partial charge in [-0.15, -0.1) is 0 Å². The van der Waals surface area contributed by atoms with Crippen molar-refractivity contribution in [3.8, 4) is 0 Å². The van der Waals surface area contributed by atoms with Crippen molar-refractivity contribution in [1.29, 1.82) is 0 Å². The van der Waals surface area contributed by atoms with Crippen molar-refractivity contribution < 1.29 is 4.79 Å². The summed E-state index contributed by atoms with van der Waals surface area (Å²) >= 11 is 1.53. The van der Waals surface area contributed by atoms with Gasteiger partial charge in [0.25, 0.3) is 0 Å². The summed E-state index contributed by atoms with van der Waals surface area (Å²) in [6, 6.07) is 6.07. The van der Waals surface area contributed by atoms with Crippen LogP contribution in [0.3, 0.4) is 0 Å². The average Bonchev–Trinajstić information content (AvgIpc) is 2.49. The quantitative estimate of drug-likeness (QED) is 0.665. The van der Waals surface area contributed by atoms with Gasteiger partial charge >= 0.3 is 0 Å². The maximum absolute atomic E-state index is 12.2. The summed E-state index contributed by atoms with van der Waals surface area (Å²) in [5.74, 6) is 0.0199. The van der Waals surface area contributed by atoms with Crippen LogP contribution in [0.15, 0.2) is 23.4 Å². The lowest BCUT2D eigenvalue weighted by Gasteiger charge is -2.11. The third kappa shape index (κ3) is 4.55. The Hall–Kier alpha value is -1.88. The van der Waals surface area contributed by atoms with E-state index in [2.05, 4.69) is 15.3 Å². The molecule has 4 nitrogen and oxygen atoms in total. The van der Waals surface area contributed by atoms with E-state index in [9.17, 15) is 4.79 Å². The first-order chi connectivity index (χ1) is 10.9.